The topological polar surface area (TPSA) is 58.2 Å². The Morgan fingerprint density at radius 3 is 1.91 bits per heavy atom. The second-order valence-corrected chi connectivity index (χ2v) is 4.98. The van der Waals surface area contributed by atoms with Gasteiger partial charge < -0.3 is 10.6 Å². The maximum Gasteiger partial charge on any atom is 0.255 e. The van der Waals surface area contributed by atoms with Crippen molar-refractivity contribution in [3.05, 3.63) is 59.7 Å². The molecule has 2 amide bonds. The monoisotopic (exact) mass is 296 g/mol. The van der Waals surface area contributed by atoms with Crippen molar-refractivity contribution < 1.29 is 9.59 Å². The van der Waals surface area contributed by atoms with Crippen molar-refractivity contribution in [2.24, 2.45) is 0 Å². The molecule has 0 bridgehead atoms. The molecule has 2 aromatic rings. The van der Waals surface area contributed by atoms with E-state index in [2.05, 4.69) is 17.6 Å². The van der Waals surface area contributed by atoms with Crippen molar-refractivity contribution >= 4 is 23.2 Å². The molecule has 22 heavy (non-hydrogen) atoms. The van der Waals surface area contributed by atoms with Gasteiger partial charge in [-0.1, -0.05) is 26.0 Å². The Hall–Kier alpha value is -2.62. The molecule has 0 unspecified atom stereocenters. The number of hydrogen-bond donors (Lipinski definition) is 2. The van der Waals surface area contributed by atoms with Gasteiger partial charge in [0.1, 0.15) is 0 Å². The number of amides is 2. The van der Waals surface area contributed by atoms with Gasteiger partial charge in [0.25, 0.3) is 5.91 Å². The van der Waals surface area contributed by atoms with Gasteiger partial charge in [-0.2, -0.15) is 0 Å². The van der Waals surface area contributed by atoms with E-state index in [4.69, 9.17) is 0 Å². The lowest BCUT2D eigenvalue weighted by atomic mass is 10.1. The first-order valence-corrected chi connectivity index (χ1v) is 7.42. The average molecular weight is 296 g/mol. The minimum Gasteiger partial charge on any atom is -0.326 e. The van der Waals surface area contributed by atoms with Crippen LogP contribution in [0.3, 0.4) is 0 Å². The second-order valence-electron chi connectivity index (χ2n) is 4.98. The van der Waals surface area contributed by atoms with E-state index in [0.717, 1.165) is 12.1 Å². The smallest absolute Gasteiger partial charge is 0.255 e. The Morgan fingerprint density at radius 1 is 0.818 bits per heavy atom. The Morgan fingerprint density at radius 2 is 1.36 bits per heavy atom. The van der Waals surface area contributed by atoms with Crippen molar-refractivity contribution in [2.75, 3.05) is 10.6 Å². The lowest BCUT2D eigenvalue weighted by Gasteiger charge is -2.07. The summed E-state index contributed by atoms with van der Waals surface area (Å²) >= 11 is 0. The molecule has 0 aromatic heterocycles. The Labute approximate surface area is 130 Å². The largest absolute Gasteiger partial charge is 0.326 e. The van der Waals surface area contributed by atoms with Gasteiger partial charge in [0, 0.05) is 23.4 Å². The molecule has 0 radical (unpaired) electrons. The van der Waals surface area contributed by atoms with E-state index in [1.807, 2.05) is 24.3 Å². The molecule has 0 aliphatic heterocycles. The van der Waals surface area contributed by atoms with Crippen LogP contribution in [-0.4, -0.2) is 11.8 Å². The third-order valence-corrected chi connectivity index (χ3v) is 3.37. The number of rotatable bonds is 5. The number of carbonyl (C=O) groups excluding carboxylic acids is 2. The third-order valence-electron chi connectivity index (χ3n) is 3.37. The molecule has 0 fully saturated rings. The van der Waals surface area contributed by atoms with Crippen LogP contribution in [0.15, 0.2) is 48.5 Å². The zero-order valence-corrected chi connectivity index (χ0v) is 12.8. The van der Waals surface area contributed by atoms with Crippen molar-refractivity contribution in [3.63, 3.8) is 0 Å². The summed E-state index contributed by atoms with van der Waals surface area (Å²) in [5, 5.41) is 5.60. The molecule has 0 aliphatic rings. The Kier molecular flexibility index (Phi) is 5.31. The zero-order chi connectivity index (χ0) is 15.9. The Bertz CT molecular complexity index is 646. The van der Waals surface area contributed by atoms with E-state index in [-0.39, 0.29) is 11.8 Å². The van der Waals surface area contributed by atoms with Crippen molar-refractivity contribution in [1.82, 2.24) is 0 Å². The lowest BCUT2D eigenvalue weighted by Crippen LogP contribution is -2.13. The maximum absolute atomic E-state index is 12.2. The fourth-order valence-electron chi connectivity index (χ4n) is 1.98. The molecule has 0 heterocycles. The molecular formula is C18H20N2O2. The summed E-state index contributed by atoms with van der Waals surface area (Å²) < 4.78 is 0. The van der Waals surface area contributed by atoms with Gasteiger partial charge in [0.15, 0.2) is 0 Å². The number of carbonyl (C=O) groups is 2. The molecule has 2 aromatic carbocycles. The highest BCUT2D eigenvalue weighted by atomic mass is 16.2. The first-order chi connectivity index (χ1) is 10.6. The van der Waals surface area contributed by atoms with Crippen LogP contribution in [-0.2, 0) is 11.2 Å². The van der Waals surface area contributed by atoms with Crippen LogP contribution in [0.2, 0.25) is 0 Å². The molecule has 2 rings (SSSR count). The van der Waals surface area contributed by atoms with Crippen LogP contribution >= 0.6 is 0 Å². The minimum atomic E-state index is -0.169. The van der Waals surface area contributed by atoms with Crippen LogP contribution in [0.5, 0.6) is 0 Å². The van der Waals surface area contributed by atoms with Crippen molar-refractivity contribution in [1.29, 1.82) is 0 Å². The van der Waals surface area contributed by atoms with Crippen LogP contribution < -0.4 is 10.6 Å². The highest BCUT2D eigenvalue weighted by Crippen LogP contribution is 2.14. The van der Waals surface area contributed by atoms with Gasteiger partial charge in [-0.25, -0.2) is 0 Å². The quantitative estimate of drug-likeness (QED) is 0.880. The average Bonchev–Trinajstić information content (AvgIpc) is 2.56. The molecule has 0 saturated carbocycles. The van der Waals surface area contributed by atoms with E-state index in [0.29, 0.717) is 17.7 Å². The number of hydrogen-bond acceptors (Lipinski definition) is 2. The van der Waals surface area contributed by atoms with Crippen LogP contribution in [0.25, 0.3) is 0 Å². The van der Waals surface area contributed by atoms with Crippen LogP contribution in [0.1, 0.15) is 36.2 Å². The fourth-order valence-corrected chi connectivity index (χ4v) is 1.98. The minimum absolute atomic E-state index is 0.0479. The molecule has 0 atom stereocenters. The number of aryl methyl sites for hydroxylation is 1. The molecular weight excluding hydrogens is 276 g/mol. The first kappa shape index (κ1) is 15.8. The molecule has 0 saturated heterocycles. The highest BCUT2D eigenvalue weighted by Gasteiger charge is 2.06. The SMILES string of the molecule is CCC(=O)Nc1ccc(C(=O)Nc2ccc(CC)cc2)cc1. The van der Waals surface area contributed by atoms with E-state index < -0.39 is 0 Å². The van der Waals surface area contributed by atoms with E-state index in [9.17, 15) is 9.59 Å². The summed E-state index contributed by atoms with van der Waals surface area (Å²) in [5.74, 6) is -0.217. The summed E-state index contributed by atoms with van der Waals surface area (Å²) in [6, 6.07) is 14.6. The van der Waals surface area contributed by atoms with Crippen molar-refractivity contribution in [3.8, 4) is 0 Å². The summed E-state index contributed by atoms with van der Waals surface area (Å²) in [7, 11) is 0. The van der Waals surface area contributed by atoms with Gasteiger partial charge >= 0.3 is 0 Å². The molecule has 4 nitrogen and oxygen atoms in total. The first-order valence-electron chi connectivity index (χ1n) is 7.42. The lowest BCUT2D eigenvalue weighted by molar-refractivity contribution is -0.115. The molecule has 0 spiro atoms. The maximum atomic E-state index is 12.2. The van der Waals surface area contributed by atoms with E-state index in [1.54, 1.807) is 31.2 Å². The zero-order valence-electron chi connectivity index (χ0n) is 12.8. The van der Waals surface area contributed by atoms with Gasteiger partial charge in [0.2, 0.25) is 5.91 Å². The van der Waals surface area contributed by atoms with E-state index in [1.165, 1.54) is 5.56 Å². The fraction of sp³-hybridized carbons (Fsp3) is 0.222. The van der Waals surface area contributed by atoms with Gasteiger partial charge in [-0.15, -0.1) is 0 Å². The number of benzene rings is 2. The number of nitrogens with one attached hydrogen (secondary N) is 2. The Balaban J connectivity index is 2.01. The van der Waals surface area contributed by atoms with Gasteiger partial charge in [0.05, 0.1) is 0 Å². The summed E-state index contributed by atoms with van der Waals surface area (Å²) in [4.78, 5) is 23.5. The van der Waals surface area contributed by atoms with Crippen LogP contribution in [0.4, 0.5) is 11.4 Å². The molecule has 4 heteroatoms. The predicted octanol–water partition coefficient (Wildman–Crippen LogP) is 3.85. The molecule has 2 N–H and O–H groups in total. The summed E-state index contributed by atoms with van der Waals surface area (Å²) in [5.41, 5.74) is 3.24. The standard InChI is InChI=1S/C18H20N2O2/c1-3-13-5-9-16(10-6-13)20-18(22)14-7-11-15(12-8-14)19-17(21)4-2/h5-12H,3-4H2,1-2H3,(H,19,21)(H,20,22). The molecule has 114 valence electrons. The summed E-state index contributed by atoms with van der Waals surface area (Å²) in [6.07, 6.45) is 1.40. The normalized spacial score (nSPS) is 10.1. The van der Waals surface area contributed by atoms with Crippen LogP contribution in [0, 0.1) is 0 Å². The number of anilines is 2. The third kappa shape index (κ3) is 4.19. The molecule has 0 aliphatic carbocycles. The highest BCUT2D eigenvalue weighted by molar-refractivity contribution is 6.04. The summed E-state index contributed by atoms with van der Waals surface area (Å²) in [6.45, 7) is 3.88. The van der Waals surface area contributed by atoms with Gasteiger partial charge in [-0.3, -0.25) is 9.59 Å². The van der Waals surface area contributed by atoms with E-state index >= 15 is 0 Å². The predicted molar refractivity (Wildman–Crippen MR) is 89.1 cm³/mol. The second kappa shape index (κ2) is 7.41. The van der Waals surface area contributed by atoms with Gasteiger partial charge in [-0.05, 0) is 48.4 Å². The van der Waals surface area contributed by atoms with Crippen molar-refractivity contribution in [2.45, 2.75) is 26.7 Å².